The first-order chi connectivity index (χ1) is 16.2. The van der Waals surface area contributed by atoms with Gasteiger partial charge in [-0.1, -0.05) is 12.1 Å². The van der Waals surface area contributed by atoms with E-state index in [0.29, 0.717) is 33.7 Å². The number of aryl methyl sites for hydroxylation is 2. The summed E-state index contributed by atoms with van der Waals surface area (Å²) >= 11 is 0. The number of rotatable bonds is 4. The second-order valence-corrected chi connectivity index (χ2v) is 8.13. The van der Waals surface area contributed by atoms with E-state index in [0.717, 1.165) is 37.6 Å². The van der Waals surface area contributed by atoms with Gasteiger partial charge in [-0.3, -0.25) is 0 Å². The fourth-order valence-electron chi connectivity index (χ4n) is 3.79. The van der Waals surface area contributed by atoms with E-state index in [1.54, 1.807) is 19.1 Å². The number of H-pyrrole nitrogens is 1. The van der Waals surface area contributed by atoms with Gasteiger partial charge in [0.25, 0.3) is 0 Å². The third-order valence-corrected chi connectivity index (χ3v) is 5.62. The number of nitrogens with two attached hydrogens (primary N) is 1. The minimum Gasteiger partial charge on any atom is -0.361 e. The van der Waals surface area contributed by atoms with E-state index in [2.05, 4.69) is 30.4 Å². The highest BCUT2D eigenvalue weighted by atomic mass is 19.4. The lowest BCUT2D eigenvalue weighted by Gasteiger charge is -2.26. The van der Waals surface area contributed by atoms with Gasteiger partial charge in [-0.25, -0.2) is 15.0 Å². The first kappa shape index (κ1) is 23.7. The van der Waals surface area contributed by atoms with Crippen molar-refractivity contribution in [2.45, 2.75) is 52.3 Å². The van der Waals surface area contributed by atoms with Gasteiger partial charge >= 0.3 is 6.18 Å². The standard InChI is InChI=1S/C21H19F3N6O.C2H7N/c1-10-17(11(2)31-30-10)16-7-6-13-14(8-25-19(13)28-16)18-15(21(22,23)24)9-26-20(29-18)27-12-4-3-5-12;1-2-3/h6-9,12H,3-5H2,1-2H3,(H,25,28)(H,26,27,29);2-3H2,1H3. The minimum absolute atomic E-state index is 0.178. The molecule has 0 spiro atoms. The summed E-state index contributed by atoms with van der Waals surface area (Å²) < 4.78 is 46.3. The average Bonchev–Trinajstić information content (AvgIpc) is 3.32. The molecular weight excluding hydrogens is 447 g/mol. The molecule has 0 saturated heterocycles. The van der Waals surface area contributed by atoms with Crippen molar-refractivity contribution in [2.75, 3.05) is 11.9 Å². The molecule has 4 heterocycles. The summed E-state index contributed by atoms with van der Waals surface area (Å²) in [5.74, 6) is 0.820. The maximum atomic E-state index is 13.7. The Morgan fingerprint density at radius 3 is 2.53 bits per heavy atom. The van der Waals surface area contributed by atoms with Crippen LogP contribution in [0.2, 0.25) is 0 Å². The van der Waals surface area contributed by atoms with Crippen molar-refractivity contribution in [2.24, 2.45) is 5.73 Å². The smallest absolute Gasteiger partial charge is 0.361 e. The van der Waals surface area contributed by atoms with E-state index >= 15 is 0 Å². The predicted octanol–water partition coefficient (Wildman–Crippen LogP) is 5.24. The molecule has 1 aliphatic rings. The Morgan fingerprint density at radius 2 is 1.94 bits per heavy atom. The van der Waals surface area contributed by atoms with Crippen molar-refractivity contribution in [3.05, 3.63) is 41.5 Å². The lowest BCUT2D eigenvalue weighted by atomic mass is 9.93. The van der Waals surface area contributed by atoms with Crippen molar-refractivity contribution in [3.8, 4) is 22.5 Å². The number of fused-ring (bicyclic) bond motifs is 1. The van der Waals surface area contributed by atoms with E-state index in [1.165, 1.54) is 6.20 Å². The van der Waals surface area contributed by atoms with Crippen LogP contribution in [0.1, 0.15) is 43.2 Å². The molecule has 0 radical (unpaired) electrons. The van der Waals surface area contributed by atoms with E-state index < -0.39 is 11.7 Å². The monoisotopic (exact) mass is 473 g/mol. The summed E-state index contributed by atoms with van der Waals surface area (Å²) in [4.78, 5) is 15.7. The van der Waals surface area contributed by atoms with Gasteiger partial charge in [-0.05, 0) is 51.8 Å². The molecule has 0 aromatic carbocycles. The zero-order chi connectivity index (χ0) is 24.5. The predicted molar refractivity (Wildman–Crippen MR) is 123 cm³/mol. The van der Waals surface area contributed by atoms with Crippen LogP contribution in [0.5, 0.6) is 0 Å². The minimum atomic E-state index is -4.59. The first-order valence-electron chi connectivity index (χ1n) is 11.1. The molecule has 8 nitrogen and oxygen atoms in total. The van der Waals surface area contributed by atoms with Crippen LogP contribution >= 0.6 is 0 Å². The number of alkyl halides is 3. The fraction of sp³-hybridized carbons (Fsp3) is 0.391. The lowest BCUT2D eigenvalue weighted by molar-refractivity contribution is -0.137. The quantitative estimate of drug-likeness (QED) is 0.371. The number of pyridine rings is 1. The molecule has 0 aliphatic heterocycles. The number of nitrogens with one attached hydrogen (secondary N) is 2. The Bertz CT molecular complexity index is 1270. The molecule has 0 unspecified atom stereocenters. The highest BCUT2D eigenvalue weighted by Gasteiger charge is 2.36. The van der Waals surface area contributed by atoms with E-state index in [9.17, 15) is 13.2 Å². The van der Waals surface area contributed by atoms with Gasteiger partial charge in [0.05, 0.1) is 22.6 Å². The maximum Gasteiger partial charge on any atom is 0.419 e. The Kier molecular flexibility index (Phi) is 6.56. The molecule has 180 valence electrons. The van der Waals surface area contributed by atoms with Crippen LogP contribution in [-0.2, 0) is 6.18 Å². The third-order valence-electron chi connectivity index (χ3n) is 5.62. The Morgan fingerprint density at radius 1 is 1.21 bits per heavy atom. The number of aromatic amines is 1. The molecule has 4 N–H and O–H groups in total. The highest BCUT2D eigenvalue weighted by molar-refractivity contribution is 5.94. The number of hydrogen-bond donors (Lipinski definition) is 3. The van der Waals surface area contributed by atoms with Gasteiger partial charge in [0, 0.05) is 29.4 Å². The molecule has 4 aromatic rings. The summed E-state index contributed by atoms with van der Waals surface area (Å²) in [6.45, 7) is 6.25. The lowest BCUT2D eigenvalue weighted by Crippen LogP contribution is -2.28. The van der Waals surface area contributed by atoms with Crippen LogP contribution in [0.15, 0.2) is 29.0 Å². The molecule has 1 saturated carbocycles. The van der Waals surface area contributed by atoms with E-state index in [-0.39, 0.29) is 17.7 Å². The van der Waals surface area contributed by atoms with Crippen molar-refractivity contribution < 1.29 is 17.7 Å². The van der Waals surface area contributed by atoms with Gasteiger partial charge < -0.3 is 20.6 Å². The second kappa shape index (κ2) is 9.41. The van der Waals surface area contributed by atoms with Crippen molar-refractivity contribution in [1.29, 1.82) is 0 Å². The fourth-order valence-corrected chi connectivity index (χ4v) is 3.79. The molecule has 11 heteroatoms. The van der Waals surface area contributed by atoms with Gasteiger partial charge in [-0.15, -0.1) is 0 Å². The largest absolute Gasteiger partial charge is 0.419 e. The first-order valence-corrected chi connectivity index (χ1v) is 11.1. The van der Waals surface area contributed by atoms with Gasteiger partial charge in [0.15, 0.2) is 0 Å². The number of anilines is 1. The number of nitrogens with zero attached hydrogens (tertiary/aromatic N) is 4. The van der Waals surface area contributed by atoms with Crippen LogP contribution in [0.4, 0.5) is 19.1 Å². The summed E-state index contributed by atoms with van der Waals surface area (Å²) in [5, 5.41) is 7.59. The molecule has 4 aromatic heterocycles. The zero-order valence-electron chi connectivity index (χ0n) is 19.1. The third kappa shape index (κ3) is 4.60. The van der Waals surface area contributed by atoms with Crippen molar-refractivity contribution >= 4 is 17.0 Å². The zero-order valence-corrected chi connectivity index (χ0v) is 19.1. The molecule has 0 atom stereocenters. The summed E-state index contributed by atoms with van der Waals surface area (Å²) in [6, 6.07) is 3.68. The number of aromatic nitrogens is 5. The maximum absolute atomic E-state index is 13.7. The molecule has 5 rings (SSSR count). The number of hydrogen-bond acceptors (Lipinski definition) is 7. The summed E-state index contributed by atoms with van der Waals surface area (Å²) in [5.41, 5.74) is 6.64. The molecule has 34 heavy (non-hydrogen) atoms. The average molecular weight is 474 g/mol. The van der Waals surface area contributed by atoms with Crippen molar-refractivity contribution in [1.82, 2.24) is 25.1 Å². The number of halogens is 3. The molecular formula is C23H26F3N7O. The topological polar surface area (TPSA) is 119 Å². The normalized spacial score (nSPS) is 14.0. The summed E-state index contributed by atoms with van der Waals surface area (Å²) in [6.07, 6.45) is 0.764. The van der Waals surface area contributed by atoms with Gasteiger partial charge in [0.1, 0.15) is 17.0 Å². The molecule has 0 bridgehead atoms. The van der Waals surface area contributed by atoms with E-state index in [4.69, 9.17) is 10.3 Å². The van der Waals surface area contributed by atoms with Crippen molar-refractivity contribution in [3.63, 3.8) is 0 Å². The van der Waals surface area contributed by atoms with Crippen LogP contribution in [0, 0.1) is 13.8 Å². The Balaban J connectivity index is 0.000000868. The molecule has 1 aliphatic carbocycles. The SMILES string of the molecule is CCN.Cc1noc(C)c1-c1ccc2c(-c3nc(NC4CCC4)ncc3C(F)(F)F)c[nH]c2n1. The Labute approximate surface area is 194 Å². The van der Waals surface area contributed by atoms with Gasteiger partial charge in [-0.2, -0.15) is 13.2 Å². The van der Waals surface area contributed by atoms with Crippen LogP contribution in [0.3, 0.4) is 0 Å². The highest BCUT2D eigenvalue weighted by Crippen LogP contribution is 2.39. The molecule has 1 fully saturated rings. The van der Waals surface area contributed by atoms with Gasteiger partial charge in [0.2, 0.25) is 5.95 Å². The van der Waals surface area contributed by atoms with Crippen LogP contribution < -0.4 is 11.1 Å². The molecule has 0 amide bonds. The summed E-state index contributed by atoms with van der Waals surface area (Å²) in [7, 11) is 0. The van der Waals surface area contributed by atoms with Crippen LogP contribution in [-0.4, -0.2) is 37.7 Å². The van der Waals surface area contributed by atoms with Crippen LogP contribution in [0.25, 0.3) is 33.5 Å². The second-order valence-electron chi connectivity index (χ2n) is 8.13. The van der Waals surface area contributed by atoms with E-state index in [1.807, 2.05) is 13.8 Å². The Hall–Kier alpha value is -3.47.